The molecule has 420 valence electrons. The average molecular weight is 1060 g/mol. The minimum absolute atomic E-state index is 0.151. The third kappa shape index (κ3) is 13.4. The molecule has 33 nitrogen and oxygen atoms in total. The van der Waals surface area contributed by atoms with Crippen molar-refractivity contribution in [1.82, 2.24) is 0 Å². The van der Waals surface area contributed by atoms with Crippen LogP contribution < -0.4 is 0 Å². The van der Waals surface area contributed by atoms with E-state index in [1.807, 2.05) is 0 Å². The van der Waals surface area contributed by atoms with Gasteiger partial charge in [-0.1, -0.05) is 0 Å². The summed E-state index contributed by atoms with van der Waals surface area (Å²) in [5.41, 5.74) is 0. The predicted molar refractivity (Wildman–Crippen MR) is 215 cm³/mol. The SMILES string of the molecule is O=C[C@H](O)[C@@H](O)C(O[C@@H]1O[C@H](CO[C@H]2OC[C@@H](O)[C@H](O)[C@H]2O)[C@@H](O[C@@H]2O[C@H](CO[C@H]3OC[C@@H](O)[C@H](O)[C@H]3O)[C@@H](O[C@@H]3O[C@H](CO[C@H]4OC[C@@H](O)[C@H](O)[C@H]4O)[C@@H](O)[C@H](O)[C@H]3O)[C@H](O)[C@H]2O)[C@H](O)[C@H]1O)[C@H](O)CO. The maximum Gasteiger partial charge on any atom is 0.187 e. The molecule has 6 aliphatic rings. The van der Waals surface area contributed by atoms with Crippen LogP contribution >= 0.6 is 0 Å². The lowest BCUT2D eigenvalue weighted by molar-refractivity contribution is -0.390. The van der Waals surface area contributed by atoms with Crippen molar-refractivity contribution in [3.63, 3.8) is 0 Å². The van der Waals surface area contributed by atoms with Gasteiger partial charge >= 0.3 is 0 Å². The van der Waals surface area contributed by atoms with Crippen LogP contribution in [0.4, 0.5) is 0 Å². The van der Waals surface area contributed by atoms with Gasteiger partial charge in [-0.3, -0.25) is 0 Å². The van der Waals surface area contributed by atoms with Crippen molar-refractivity contribution in [3.8, 4) is 0 Å². The van der Waals surface area contributed by atoms with E-state index in [0.717, 1.165) is 0 Å². The van der Waals surface area contributed by atoms with Crippen LogP contribution in [0.2, 0.25) is 0 Å². The topological polar surface area (TPSA) is 532 Å². The Morgan fingerprint density at radius 1 is 0.431 bits per heavy atom. The number of aliphatic hydroxyl groups excluding tert-OH is 20. The number of hydrogen-bond acceptors (Lipinski definition) is 33. The monoisotopic (exact) mass is 1060 g/mol. The van der Waals surface area contributed by atoms with Crippen LogP contribution in [0, 0.1) is 0 Å². The summed E-state index contributed by atoms with van der Waals surface area (Å²) in [6.45, 7) is -5.33. The van der Waals surface area contributed by atoms with E-state index >= 15 is 0 Å². The van der Waals surface area contributed by atoms with Crippen LogP contribution in [0.5, 0.6) is 0 Å². The molecule has 0 aromatic heterocycles. The fourth-order valence-electron chi connectivity index (χ4n) is 8.40. The summed E-state index contributed by atoms with van der Waals surface area (Å²) in [7, 11) is 0. The van der Waals surface area contributed by atoms with E-state index in [-0.39, 0.29) is 6.29 Å². The van der Waals surface area contributed by atoms with Gasteiger partial charge in [-0.2, -0.15) is 0 Å². The number of hydrogen-bond donors (Lipinski definition) is 20. The second kappa shape index (κ2) is 26.2. The zero-order valence-electron chi connectivity index (χ0n) is 37.7. The summed E-state index contributed by atoms with van der Waals surface area (Å²) >= 11 is 0. The van der Waals surface area contributed by atoms with Crippen molar-refractivity contribution in [2.24, 2.45) is 0 Å². The molecular formula is C39H66O33. The van der Waals surface area contributed by atoms with Gasteiger partial charge in [0.15, 0.2) is 44.0 Å². The van der Waals surface area contributed by atoms with Crippen LogP contribution in [0.15, 0.2) is 0 Å². The summed E-state index contributed by atoms with van der Waals surface area (Å²) in [5, 5.41) is 211. The minimum Gasteiger partial charge on any atom is -0.394 e. The smallest absolute Gasteiger partial charge is 0.187 e. The third-order valence-corrected chi connectivity index (χ3v) is 12.9. The van der Waals surface area contributed by atoms with Crippen LogP contribution in [-0.4, -0.2) is 345 Å². The van der Waals surface area contributed by atoms with Crippen LogP contribution in [0.25, 0.3) is 0 Å². The second-order valence-corrected chi connectivity index (χ2v) is 18.0. The summed E-state index contributed by atoms with van der Waals surface area (Å²) in [4.78, 5) is 11.3. The first-order chi connectivity index (χ1) is 34.0. The van der Waals surface area contributed by atoms with E-state index in [0.29, 0.717) is 0 Å². The number of carbonyl (C=O) groups excluding carboxylic acids is 1. The molecule has 33 heteroatoms. The van der Waals surface area contributed by atoms with Gasteiger partial charge < -0.3 is 164 Å². The Bertz CT molecular complexity index is 1640. The van der Waals surface area contributed by atoms with E-state index in [1.54, 1.807) is 0 Å². The molecule has 31 atom stereocenters. The molecule has 1 unspecified atom stereocenters. The first-order valence-corrected chi connectivity index (χ1v) is 22.6. The molecule has 0 aromatic rings. The van der Waals surface area contributed by atoms with E-state index < -0.39 is 237 Å². The number of ether oxygens (including phenoxy) is 12. The maximum atomic E-state index is 11.7. The Labute approximate surface area is 406 Å². The van der Waals surface area contributed by atoms with Crippen LogP contribution in [0.1, 0.15) is 0 Å². The Balaban J connectivity index is 1.25. The lowest BCUT2D eigenvalue weighted by Gasteiger charge is -2.49. The number of aldehydes is 1. The second-order valence-electron chi connectivity index (χ2n) is 18.0. The third-order valence-electron chi connectivity index (χ3n) is 12.9. The van der Waals surface area contributed by atoms with Crippen molar-refractivity contribution in [2.75, 3.05) is 46.2 Å². The highest BCUT2D eigenvalue weighted by atomic mass is 16.8. The van der Waals surface area contributed by atoms with Crippen molar-refractivity contribution >= 4 is 6.29 Å². The summed E-state index contributed by atoms with van der Waals surface area (Å²) in [6.07, 6.45) is -60.8. The number of carbonyl (C=O) groups is 1. The van der Waals surface area contributed by atoms with Gasteiger partial charge in [0.2, 0.25) is 0 Å². The van der Waals surface area contributed by atoms with E-state index in [2.05, 4.69) is 0 Å². The highest BCUT2D eigenvalue weighted by molar-refractivity contribution is 5.56. The van der Waals surface area contributed by atoms with Crippen LogP contribution in [-0.2, 0) is 61.6 Å². The van der Waals surface area contributed by atoms with Crippen molar-refractivity contribution in [1.29, 1.82) is 0 Å². The zero-order chi connectivity index (χ0) is 53.0. The van der Waals surface area contributed by atoms with Gasteiger partial charge in [0.05, 0.1) is 46.2 Å². The first kappa shape index (κ1) is 59.6. The standard InChI is InChI=1S/C39H66O33/c40-1-9(42)20(50)31(10(43)2-41)70-38-29(59)23(53)33(15(68-38)7-65-35-26(56)18(48)12(45)4-62-35)72-39-30(60)24(54)32(16(69-39)8-66-36-27(57)19(49)13(46)5-63-36)71-37-28(58)22(52)21(51)14(67-37)6-64-34-25(55)17(47)11(44)3-61-34/h1,9-39,41-60H,2-8H2/t9-,10+,11+,12+,13+,14+,15+,16+,17-,18-,19-,20+,21+,22-,23+,24+,25+,26+,27+,28+,29+,30+,31?,32+,33+,34+,35+,36+,37-,38-,39-/m0/s1. The molecule has 0 radical (unpaired) electrons. The van der Waals surface area contributed by atoms with E-state index in [1.165, 1.54) is 0 Å². The van der Waals surface area contributed by atoms with Crippen molar-refractivity contribution in [3.05, 3.63) is 0 Å². The summed E-state index contributed by atoms with van der Waals surface area (Å²) in [6, 6.07) is 0. The molecule has 0 amide bonds. The van der Waals surface area contributed by atoms with Gasteiger partial charge in [-0.05, 0) is 0 Å². The van der Waals surface area contributed by atoms with Gasteiger partial charge in [-0.25, -0.2) is 0 Å². The number of aliphatic hydroxyl groups is 20. The highest BCUT2D eigenvalue weighted by Gasteiger charge is 2.56. The fourth-order valence-corrected chi connectivity index (χ4v) is 8.40. The van der Waals surface area contributed by atoms with E-state index in [9.17, 15) is 107 Å². The molecule has 6 saturated heterocycles. The Hall–Kier alpha value is -1.61. The molecule has 0 saturated carbocycles. The lowest BCUT2D eigenvalue weighted by atomic mass is 9.95. The van der Waals surface area contributed by atoms with Gasteiger partial charge in [0.1, 0.15) is 153 Å². The molecule has 0 bridgehead atoms. The zero-order valence-corrected chi connectivity index (χ0v) is 37.7. The predicted octanol–water partition coefficient (Wildman–Crippen LogP) is -14.5. The van der Waals surface area contributed by atoms with Gasteiger partial charge in [0.25, 0.3) is 0 Å². The first-order valence-electron chi connectivity index (χ1n) is 22.6. The molecule has 72 heavy (non-hydrogen) atoms. The summed E-state index contributed by atoms with van der Waals surface area (Å²) < 4.78 is 66.9. The normalized spacial score (nSPS) is 49.1. The Morgan fingerprint density at radius 2 is 0.778 bits per heavy atom. The van der Waals surface area contributed by atoms with Crippen LogP contribution in [0.3, 0.4) is 0 Å². The molecule has 6 aliphatic heterocycles. The molecule has 20 N–H and O–H groups in total. The maximum absolute atomic E-state index is 11.7. The molecule has 0 aromatic carbocycles. The average Bonchev–Trinajstić information content (AvgIpc) is 3.36. The highest BCUT2D eigenvalue weighted by Crippen LogP contribution is 2.35. The molecule has 6 heterocycles. The molecule has 0 aliphatic carbocycles. The Morgan fingerprint density at radius 3 is 1.18 bits per heavy atom. The molecule has 0 spiro atoms. The Kier molecular flexibility index (Phi) is 21.7. The summed E-state index contributed by atoms with van der Waals surface area (Å²) in [5.74, 6) is 0. The molecular weight excluding hydrogens is 996 g/mol. The minimum atomic E-state index is -2.33. The van der Waals surface area contributed by atoms with Crippen molar-refractivity contribution < 1.29 is 164 Å². The molecule has 6 fully saturated rings. The fraction of sp³-hybridized carbons (Fsp3) is 0.974. The van der Waals surface area contributed by atoms with Gasteiger partial charge in [-0.15, -0.1) is 0 Å². The molecule has 6 rings (SSSR count). The van der Waals surface area contributed by atoms with Crippen molar-refractivity contribution in [2.45, 2.75) is 190 Å². The largest absolute Gasteiger partial charge is 0.394 e. The number of rotatable bonds is 20. The quantitative estimate of drug-likeness (QED) is 0.0503. The van der Waals surface area contributed by atoms with Gasteiger partial charge in [0, 0.05) is 0 Å². The lowest BCUT2D eigenvalue weighted by Crippen LogP contribution is -2.67. The van der Waals surface area contributed by atoms with E-state index in [4.69, 9.17) is 56.8 Å².